The quantitative estimate of drug-likeness (QED) is 0.363. The number of carbonyl (C=O) groups excluding carboxylic acids is 2. The Morgan fingerprint density at radius 3 is 2.04 bits per heavy atom. The molecule has 2 aromatic heterocycles. The van der Waals surface area contributed by atoms with Gasteiger partial charge in [-0.1, -0.05) is 40.2 Å². The number of nitrogens with one attached hydrogen (secondary N) is 1. The molecular weight excluding hydrogens is 418 g/mol. The summed E-state index contributed by atoms with van der Waals surface area (Å²) in [6.45, 7) is 0. The van der Waals surface area contributed by atoms with Crippen LogP contribution in [-0.4, -0.2) is 20.9 Å². The highest BCUT2D eigenvalue weighted by Gasteiger charge is 2.35. The Labute approximate surface area is 167 Å². The minimum Gasteiger partial charge on any atom is -0.342 e. The highest BCUT2D eigenvalue weighted by atomic mass is 79.9. The van der Waals surface area contributed by atoms with Crippen LogP contribution in [0.3, 0.4) is 0 Å². The molecule has 1 aliphatic heterocycles. The molecule has 5 nitrogen and oxygen atoms in total. The monoisotopic (exact) mass is 431 g/mol. The summed E-state index contributed by atoms with van der Waals surface area (Å²) in [6.07, 6.45) is 0. The van der Waals surface area contributed by atoms with E-state index in [1.165, 1.54) is 0 Å². The van der Waals surface area contributed by atoms with Crippen LogP contribution in [0.1, 0.15) is 20.7 Å². The summed E-state index contributed by atoms with van der Waals surface area (Å²) in [5.41, 5.74) is 4.94. The number of amides is 2. The molecule has 1 N–H and O–H groups in total. The molecule has 0 saturated carbocycles. The second-order valence-electron chi connectivity index (χ2n) is 7.28. The first kappa shape index (κ1) is 15.9. The van der Waals surface area contributed by atoms with Crippen molar-refractivity contribution in [2.75, 3.05) is 0 Å². The molecule has 3 heterocycles. The average Bonchev–Trinajstić information content (AvgIpc) is 3.25. The fraction of sp³-hybridized carbons (Fsp3) is 0.0909. The van der Waals surface area contributed by atoms with Crippen molar-refractivity contribution in [1.29, 1.82) is 0 Å². The summed E-state index contributed by atoms with van der Waals surface area (Å²) in [4.78, 5) is 25.7. The molecule has 0 bridgehead atoms. The van der Waals surface area contributed by atoms with Crippen molar-refractivity contribution < 1.29 is 9.59 Å². The molecule has 1 aliphatic rings. The van der Waals surface area contributed by atoms with E-state index in [4.69, 9.17) is 0 Å². The van der Waals surface area contributed by atoms with Gasteiger partial charge in [0.15, 0.2) is 0 Å². The number of rotatable bonds is 0. The van der Waals surface area contributed by atoms with Crippen LogP contribution >= 0.6 is 15.9 Å². The fourth-order valence-corrected chi connectivity index (χ4v) is 5.14. The number of hydrogen-bond donors (Lipinski definition) is 1. The lowest BCUT2D eigenvalue weighted by Crippen LogP contribution is -2.20. The lowest BCUT2D eigenvalue weighted by molar-refractivity contribution is 0.0880. The van der Waals surface area contributed by atoms with Crippen LogP contribution in [0, 0.1) is 0 Å². The molecule has 0 aliphatic carbocycles. The molecule has 5 aromatic rings. The standard InChI is InChI=1S/C22H14BrN3O2/c1-25-13-6-4-3-5-11(13)15-17-18(22(28)24-21(17)27)16-12-8-7-10(23)9-14(12)26(2)20(16)19(15)25/h3-9H,1-2H3,(H,24,27,28). The normalized spacial score (nSPS) is 14.0. The summed E-state index contributed by atoms with van der Waals surface area (Å²) in [5, 5.41) is 6.14. The molecule has 0 fully saturated rings. The van der Waals surface area contributed by atoms with Gasteiger partial charge in [0.2, 0.25) is 0 Å². The lowest BCUT2D eigenvalue weighted by Gasteiger charge is -2.07. The van der Waals surface area contributed by atoms with E-state index < -0.39 is 0 Å². The number of para-hydroxylation sites is 1. The van der Waals surface area contributed by atoms with E-state index >= 15 is 0 Å². The molecule has 0 radical (unpaired) electrons. The van der Waals surface area contributed by atoms with Gasteiger partial charge >= 0.3 is 0 Å². The minimum atomic E-state index is -0.324. The minimum absolute atomic E-state index is 0.322. The van der Waals surface area contributed by atoms with Gasteiger partial charge in [0.25, 0.3) is 11.8 Å². The zero-order valence-corrected chi connectivity index (χ0v) is 16.7. The second-order valence-corrected chi connectivity index (χ2v) is 8.19. The number of fused-ring (bicyclic) bond motifs is 10. The molecule has 6 rings (SSSR count). The van der Waals surface area contributed by atoms with Gasteiger partial charge in [-0.05, 0) is 18.2 Å². The van der Waals surface area contributed by atoms with Gasteiger partial charge < -0.3 is 9.13 Å². The molecule has 0 spiro atoms. The molecule has 6 heteroatoms. The SMILES string of the molecule is Cn1c2ccccc2c2c3c(c4c5ccc(Br)cc5n(C)c4c21)C(=O)NC3=O. The third kappa shape index (κ3) is 1.67. The maximum Gasteiger partial charge on any atom is 0.259 e. The summed E-state index contributed by atoms with van der Waals surface area (Å²) in [7, 11) is 4.02. The van der Waals surface area contributed by atoms with E-state index in [9.17, 15) is 9.59 Å². The first-order valence-corrected chi connectivity index (χ1v) is 9.74. The topological polar surface area (TPSA) is 56.0 Å². The van der Waals surface area contributed by atoms with Gasteiger partial charge in [0.1, 0.15) is 0 Å². The number of nitrogens with zero attached hydrogens (tertiary/aromatic N) is 2. The highest BCUT2D eigenvalue weighted by Crippen LogP contribution is 2.44. The van der Waals surface area contributed by atoms with Crippen LogP contribution in [0.4, 0.5) is 0 Å². The fourth-order valence-electron chi connectivity index (χ4n) is 4.80. The van der Waals surface area contributed by atoms with Crippen LogP contribution in [-0.2, 0) is 14.1 Å². The number of carbonyl (C=O) groups is 2. The van der Waals surface area contributed by atoms with Gasteiger partial charge in [-0.15, -0.1) is 0 Å². The Morgan fingerprint density at radius 1 is 0.786 bits per heavy atom. The number of hydrogen-bond acceptors (Lipinski definition) is 2. The number of aryl methyl sites for hydroxylation is 2. The first-order chi connectivity index (χ1) is 13.5. The number of imide groups is 1. The summed E-state index contributed by atoms with van der Waals surface area (Å²) < 4.78 is 5.21. The molecule has 136 valence electrons. The summed E-state index contributed by atoms with van der Waals surface area (Å²) >= 11 is 3.55. The Morgan fingerprint density at radius 2 is 1.36 bits per heavy atom. The average molecular weight is 432 g/mol. The van der Waals surface area contributed by atoms with Crippen molar-refractivity contribution in [2.45, 2.75) is 0 Å². The maximum absolute atomic E-state index is 12.8. The molecule has 0 saturated heterocycles. The van der Waals surface area contributed by atoms with Crippen LogP contribution in [0.15, 0.2) is 46.9 Å². The Balaban J connectivity index is 2.07. The second kappa shape index (κ2) is 5.02. The zero-order chi connectivity index (χ0) is 19.3. The van der Waals surface area contributed by atoms with E-state index in [1.54, 1.807) is 0 Å². The van der Waals surface area contributed by atoms with Crippen LogP contribution in [0.2, 0.25) is 0 Å². The molecule has 3 aromatic carbocycles. The summed E-state index contributed by atoms with van der Waals surface area (Å²) in [6, 6.07) is 14.0. The third-order valence-corrected chi connectivity index (χ3v) is 6.42. The van der Waals surface area contributed by atoms with E-state index in [0.717, 1.165) is 48.1 Å². The summed E-state index contributed by atoms with van der Waals surface area (Å²) in [5.74, 6) is -0.646. The predicted octanol–water partition coefficient (Wildman–Crippen LogP) is 4.62. The number of aromatic nitrogens is 2. The van der Waals surface area contributed by atoms with Crippen LogP contribution in [0.5, 0.6) is 0 Å². The van der Waals surface area contributed by atoms with Gasteiger partial charge in [-0.3, -0.25) is 14.9 Å². The van der Waals surface area contributed by atoms with E-state index in [2.05, 4.69) is 30.4 Å². The Bertz CT molecular complexity index is 1560. The maximum atomic E-state index is 12.8. The first-order valence-electron chi connectivity index (χ1n) is 8.95. The van der Waals surface area contributed by atoms with Crippen LogP contribution in [0.25, 0.3) is 43.6 Å². The van der Waals surface area contributed by atoms with E-state index in [-0.39, 0.29) is 11.8 Å². The van der Waals surface area contributed by atoms with Crippen molar-refractivity contribution in [1.82, 2.24) is 14.5 Å². The lowest BCUT2D eigenvalue weighted by atomic mass is 9.96. The van der Waals surface area contributed by atoms with Gasteiger partial charge in [-0.25, -0.2) is 0 Å². The molecule has 28 heavy (non-hydrogen) atoms. The highest BCUT2D eigenvalue weighted by molar-refractivity contribution is 9.10. The number of benzene rings is 3. The van der Waals surface area contributed by atoms with Crippen molar-refractivity contribution in [3.8, 4) is 0 Å². The van der Waals surface area contributed by atoms with Crippen molar-refractivity contribution >= 4 is 71.4 Å². The zero-order valence-electron chi connectivity index (χ0n) is 15.1. The third-order valence-electron chi connectivity index (χ3n) is 5.93. The molecule has 0 atom stereocenters. The number of halogens is 1. The van der Waals surface area contributed by atoms with Crippen LogP contribution < -0.4 is 5.32 Å². The smallest absolute Gasteiger partial charge is 0.259 e. The van der Waals surface area contributed by atoms with Crippen molar-refractivity contribution in [3.05, 3.63) is 58.1 Å². The van der Waals surface area contributed by atoms with E-state index in [0.29, 0.717) is 11.1 Å². The van der Waals surface area contributed by atoms with Crippen molar-refractivity contribution in [3.63, 3.8) is 0 Å². The Hall–Kier alpha value is -3.12. The van der Waals surface area contributed by atoms with Gasteiger partial charge in [-0.2, -0.15) is 0 Å². The molecule has 0 unspecified atom stereocenters. The van der Waals surface area contributed by atoms with Gasteiger partial charge in [0, 0.05) is 45.6 Å². The molecule has 2 amide bonds. The van der Waals surface area contributed by atoms with Crippen molar-refractivity contribution in [2.24, 2.45) is 14.1 Å². The van der Waals surface area contributed by atoms with Gasteiger partial charge in [0.05, 0.1) is 27.7 Å². The largest absolute Gasteiger partial charge is 0.342 e. The Kier molecular flexibility index (Phi) is 2.85. The predicted molar refractivity (Wildman–Crippen MR) is 114 cm³/mol. The molecular formula is C22H14BrN3O2. The van der Waals surface area contributed by atoms with E-state index in [1.807, 2.05) is 56.6 Å².